The van der Waals surface area contributed by atoms with Gasteiger partial charge in [0.05, 0.1) is 25.4 Å². The molecule has 0 bridgehead atoms. The molecule has 0 aromatic heterocycles. The first-order valence-corrected chi connectivity index (χ1v) is 30.8. The molecule has 0 aliphatic rings. The van der Waals surface area contributed by atoms with E-state index >= 15 is 0 Å². The minimum atomic E-state index is -0.847. The average molecular weight is 971 g/mol. The molecule has 69 heavy (non-hydrogen) atoms. The lowest BCUT2D eigenvalue weighted by Crippen LogP contribution is -2.45. The Balaban J connectivity index is 3.40. The third-order valence-electron chi connectivity index (χ3n) is 14.1. The van der Waals surface area contributed by atoms with Crippen LogP contribution in [0.3, 0.4) is 0 Å². The molecule has 6 nitrogen and oxygen atoms in total. The summed E-state index contributed by atoms with van der Waals surface area (Å²) < 4.78 is 5.50. The Hall–Kier alpha value is -1.92. The van der Waals surface area contributed by atoms with Crippen LogP contribution in [0.15, 0.2) is 36.5 Å². The number of aliphatic hydroxyl groups excluding tert-OH is 2. The molecule has 2 unspecified atom stereocenters. The molecule has 2 atom stereocenters. The van der Waals surface area contributed by atoms with Crippen molar-refractivity contribution in [2.24, 2.45) is 0 Å². The van der Waals surface area contributed by atoms with Gasteiger partial charge in [-0.15, -0.1) is 0 Å². The smallest absolute Gasteiger partial charge is 0.305 e. The third kappa shape index (κ3) is 55.2. The van der Waals surface area contributed by atoms with Gasteiger partial charge < -0.3 is 20.3 Å². The molecule has 0 saturated carbocycles. The maximum Gasteiger partial charge on any atom is 0.305 e. The fourth-order valence-electron chi connectivity index (χ4n) is 9.39. The summed E-state index contributed by atoms with van der Waals surface area (Å²) >= 11 is 0. The van der Waals surface area contributed by atoms with Crippen LogP contribution < -0.4 is 5.32 Å². The van der Waals surface area contributed by atoms with Crippen LogP contribution in [0.2, 0.25) is 0 Å². The molecule has 0 radical (unpaired) electrons. The van der Waals surface area contributed by atoms with E-state index in [1.54, 1.807) is 6.08 Å². The average Bonchev–Trinajstić information content (AvgIpc) is 3.35. The summed E-state index contributed by atoms with van der Waals surface area (Å²) in [6, 6.07) is -0.632. The highest BCUT2D eigenvalue weighted by molar-refractivity contribution is 5.76. The number of unbranched alkanes of at least 4 members (excludes halogenated alkanes) is 42. The highest BCUT2D eigenvalue weighted by atomic mass is 16.5. The molecule has 1 amide bonds. The highest BCUT2D eigenvalue weighted by Gasteiger charge is 2.18. The number of allylic oxidation sites excluding steroid dienone is 5. The molecular formula is C63H119NO5. The van der Waals surface area contributed by atoms with Gasteiger partial charge in [0.25, 0.3) is 0 Å². The highest BCUT2D eigenvalue weighted by Crippen LogP contribution is 2.16. The number of aliphatic hydroxyl groups is 2. The molecule has 0 rings (SSSR count). The van der Waals surface area contributed by atoms with Crippen molar-refractivity contribution in [2.45, 2.75) is 341 Å². The van der Waals surface area contributed by atoms with Crippen LogP contribution in [-0.4, -0.2) is 47.4 Å². The van der Waals surface area contributed by atoms with Crippen molar-refractivity contribution in [3.8, 4) is 0 Å². The number of ether oxygens (including phenoxy) is 1. The molecule has 0 spiro atoms. The zero-order chi connectivity index (χ0) is 50.0. The summed E-state index contributed by atoms with van der Waals surface area (Å²) in [4.78, 5) is 24.5. The molecule has 0 aromatic carbocycles. The van der Waals surface area contributed by atoms with Crippen molar-refractivity contribution in [3.05, 3.63) is 36.5 Å². The van der Waals surface area contributed by atoms with Crippen molar-refractivity contribution in [3.63, 3.8) is 0 Å². The van der Waals surface area contributed by atoms with Crippen LogP contribution in [-0.2, 0) is 14.3 Å². The van der Waals surface area contributed by atoms with Crippen molar-refractivity contribution in [1.82, 2.24) is 5.32 Å². The molecule has 406 valence electrons. The summed E-state index contributed by atoms with van der Waals surface area (Å²) in [7, 11) is 0. The van der Waals surface area contributed by atoms with E-state index in [0.29, 0.717) is 19.4 Å². The SMILES string of the molecule is CCCCCCCC/C=C\CCCCCCCCCCCC(=O)OCCCCCCCCCCCCC/C=C\CCCCCCCCCC(=O)NC(CO)C(O)/C=C/CCCCCCCCCCC. The Kier molecular flexibility index (Phi) is 57.0. The Morgan fingerprint density at radius 3 is 1.03 bits per heavy atom. The topological polar surface area (TPSA) is 95.9 Å². The van der Waals surface area contributed by atoms with E-state index in [9.17, 15) is 19.8 Å². The number of hydrogen-bond donors (Lipinski definition) is 3. The monoisotopic (exact) mass is 970 g/mol. The Morgan fingerprint density at radius 2 is 0.681 bits per heavy atom. The maximum absolute atomic E-state index is 12.4. The lowest BCUT2D eigenvalue weighted by Gasteiger charge is -2.20. The summed E-state index contributed by atoms with van der Waals surface area (Å²) in [5.74, 6) is -0.0672. The summed E-state index contributed by atoms with van der Waals surface area (Å²) in [6.45, 7) is 4.89. The van der Waals surface area contributed by atoms with Gasteiger partial charge >= 0.3 is 5.97 Å². The van der Waals surface area contributed by atoms with Gasteiger partial charge in [0.1, 0.15) is 0 Å². The first-order valence-electron chi connectivity index (χ1n) is 30.8. The van der Waals surface area contributed by atoms with Gasteiger partial charge in [-0.1, -0.05) is 269 Å². The predicted molar refractivity (Wildman–Crippen MR) is 301 cm³/mol. The summed E-state index contributed by atoms with van der Waals surface area (Å²) in [6.07, 6.45) is 73.3. The third-order valence-corrected chi connectivity index (χ3v) is 14.1. The van der Waals surface area contributed by atoms with Crippen LogP contribution in [0.25, 0.3) is 0 Å². The van der Waals surface area contributed by atoms with Crippen LogP contribution in [0.4, 0.5) is 0 Å². The van der Waals surface area contributed by atoms with Gasteiger partial charge in [-0.3, -0.25) is 9.59 Å². The maximum atomic E-state index is 12.4. The summed E-state index contributed by atoms with van der Waals surface area (Å²) in [5.41, 5.74) is 0. The largest absolute Gasteiger partial charge is 0.466 e. The van der Waals surface area contributed by atoms with E-state index in [1.165, 1.54) is 250 Å². The second-order valence-electron chi connectivity index (χ2n) is 21.0. The van der Waals surface area contributed by atoms with E-state index in [2.05, 4.69) is 43.5 Å². The van der Waals surface area contributed by atoms with Crippen molar-refractivity contribution in [2.75, 3.05) is 13.2 Å². The molecule has 6 heteroatoms. The number of hydrogen-bond acceptors (Lipinski definition) is 5. The molecule has 0 aliphatic heterocycles. The van der Waals surface area contributed by atoms with E-state index in [-0.39, 0.29) is 18.5 Å². The zero-order valence-electron chi connectivity index (χ0n) is 46.3. The van der Waals surface area contributed by atoms with E-state index < -0.39 is 12.1 Å². The minimum absolute atomic E-state index is 0.00881. The van der Waals surface area contributed by atoms with Gasteiger partial charge in [0, 0.05) is 12.8 Å². The second-order valence-corrected chi connectivity index (χ2v) is 21.0. The number of carbonyl (C=O) groups is 2. The van der Waals surface area contributed by atoms with E-state index in [1.807, 2.05) is 6.08 Å². The summed E-state index contributed by atoms with van der Waals surface area (Å²) in [5, 5.41) is 23.0. The van der Waals surface area contributed by atoms with Crippen LogP contribution in [0, 0.1) is 0 Å². The molecular weight excluding hydrogens is 851 g/mol. The van der Waals surface area contributed by atoms with Crippen molar-refractivity contribution >= 4 is 11.9 Å². The Morgan fingerprint density at radius 1 is 0.391 bits per heavy atom. The van der Waals surface area contributed by atoms with Gasteiger partial charge in [0.15, 0.2) is 0 Å². The number of amides is 1. The Bertz CT molecular complexity index is 1120. The number of nitrogens with one attached hydrogen (secondary N) is 1. The van der Waals surface area contributed by atoms with Gasteiger partial charge in [0.2, 0.25) is 5.91 Å². The zero-order valence-corrected chi connectivity index (χ0v) is 46.3. The first-order chi connectivity index (χ1) is 34.0. The quantitative estimate of drug-likeness (QED) is 0.0321. The van der Waals surface area contributed by atoms with Gasteiger partial charge in [-0.2, -0.15) is 0 Å². The number of carbonyl (C=O) groups excluding carboxylic acids is 2. The fraction of sp³-hybridized carbons (Fsp3) is 0.873. The fourth-order valence-corrected chi connectivity index (χ4v) is 9.39. The second kappa shape index (κ2) is 58.6. The van der Waals surface area contributed by atoms with Gasteiger partial charge in [-0.25, -0.2) is 0 Å². The molecule has 0 heterocycles. The standard InChI is InChI=1S/C63H119NO5/c1-3-5-7-9-11-13-15-16-17-18-23-27-30-33-37-41-45-49-53-57-63(68)69-58-54-50-46-42-38-34-31-28-25-22-20-19-21-24-26-29-32-36-40-44-48-52-56-62(67)64-60(59-65)61(66)55-51-47-43-39-35-14-12-10-8-6-4-2/h16-17,21,24,51,55,60-61,65-66H,3-15,18-20,22-23,25-50,52-54,56-59H2,1-2H3,(H,64,67)/b17-16-,24-21-,55-51+. The van der Waals surface area contributed by atoms with E-state index in [4.69, 9.17) is 4.74 Å². The van der Waals surface area contributed by atoms with Crippen LogP contribution in [0.1, 0.15) is 328 Å². The predicted octanol–water partition coefficient (Wildman–Crippen LogP) is 19.2. The number of esters is 1. The first kappa shape index (κ1) is 67.1. The van der Waals surface area contributed by atoms with Crippen LogP contribution in [0.5, 0.6) is 0 Å². The van der Waals surface area contributed by atoms with Crippen LogP contribution >= 0.6 is 0 Å². The number of rotatable bonds is 57. The molecule has 0 aliphatic carbocycles. The minimum Gasteiger partial charge on any atom is -0.466 e. The van der Waals surface area contributed by atoms with Crippen molar-refractivity contribution < 1.29 is 24.5 Å². The molecule has 0 fully saturated rings. The van der Waals surface area contributed by atoms with Gasteiger partial charge in [-0.05, 0) is 83.5 Å². The Labute approximate surface area is 430 Å². The molecule has 3 N–H and O–H groups in total. The normalized spacial score (nSPS) is 12.8. The lowest BCUT2D eigenvalue weighted by atomic mass is 10.0. The van der Waals surface area contributed by atoms with Crippen molar-refractivity contribution in [1.29, 1.82) is 0 Å². The lowest BCUT2D eigenvalue weighted by molar-refractivity contribution is -0.143. The molecule has 0 aromatic rings. The van der Waals surface area contributed by atoms with E-state index in [0.717, 1.165) is 51.4 Å². The molecule has 0 saturated heterocycles.